The van der Waals surface area contributed by atoms with Crippen LogP contribution < -0.4 is 42.3 Å². The molecule has 4 aliphatic heterocycles. The zero-order valence-electron chi connectivity index (χ0n) is 40.1. The van der Waals surface area contributed by atoms with Crippen LogP contribution in [0, 0.1) is 13.8 Å². The van der Waals surface area contributed by atoms with Gasteiger partial charge < -0.3 is 18.6 Å². The second kappa shape index (κ2) is 14.6. The van der Waals surface area contributed by atoms with Crippen LogP contribution in [0.2, 0.25) is 0 Å². The highest BCUT2D eigenvalue weighted by molar-refractivity contribution is 7.02. The van der Waals surface area contributed by atoms with Gasteiger partial charge in [0.05, 0.1) is 56.2 Å². The lowest BCUT2D eigenvalue weighted by molar-refractivity contribution is 0.472. The SMILES string of the molecule is Cc1ccc2c(c1)B1c3c(c4c5c(c3-n3c6ccc(-c7ccccc7)nc6c6nc(-c7ccccc7)cc1c63)Oc1ccc(C)cc1B5c1cc(-c3ccccc3)nc3c5nc(-c6ccccc6)ccc5n-4c13)O2. The summed E-state index contributed by atoms with van der Waals surface area (Å²) in [6, 6.07) is 68.5. The summed E-state index contributed by atoms with van der Waals surface area (Å²) in [5.41, 5.74) is 25.7. The van der Waals surface area contributed by atoms with Crippen molar-refractivity contribution < 1.29 is 9.47 Å². The molecule has 17 rings (SSSR count). The van der Waals surface area contributed by atoms with Gasteiger partial charge in [0.25, 0.3) is 13.4 Å². The molecule has 6 aromatic heterocycles. The second-order valence-electron chi connectivity index (χ2n) is 20.2. The average molecular weight is 945 g/mol. The molecule has 10 heterocycles. The Labute approximate surface area is 425 Å². The summed E-state index contributed by atoms with van der Waals surface area (Å²) in [6.07, 6.45) is 0. The number of aromatic nitrogens is 6. The Kier molecular flexibility index (Phi) is 7.89. The first-order valence-electron chi connectivity index (χ1n) is 25.3. The summed E-state index contributed by atoms with van der Waals surface area (Å²) in [7, 11) is 0. The van der Waals surface area contributed by atoms with Gasteiger partial charge >= 0.3 is 0 Å². The van der Waals surface area contributed by atoms with Crippen molar-refractivity contribution in [2.24, 2.45) is 0 Å². The second-order valence-corrected chi connectivity index (χ2v) is 20.2. The van der Waals surface area contributed by atoms with Gasteiger partial charge in [0, 0.05) is 33.2 Å². The van der Waals surface area contributed by atoms with Crippen LogP contribution in [0.15, 0.2) is 194 Å². The van der Waals surface area contributed by atoms with E-state index in [1.807, 2.05) is 12.1 Å². The number of benzene rings is 7. The molecule has 0 bridgehead atoms. The fraction of sp³-hybridized carbons (Fsp3) is 0.0312. The third kappa shape index (κ3) is 5.33. The third-order valence-electron chi connectivity index (χ3n) is 15.9. The highest BCUT2D eigenvalue weighted by Gasteiger charge is 2.51. The van der Waals surface area contributed by atoms with E-state index in [1.54, 1.807) is 0 Å². The molecule has 342 valence electrons. The quantitative estimate of drug-likeness (QED) is 0.164. The fourth-order valence-corrected chi connectivity index (χ4v) is 12.8. The Morgan fingerprint density at radius 3 is 1.11 bits per heavy atom. The third-order valence-corrected chi connectivity index (χ3v) is 15.9. The lowest BCUT2D eigenvalue weighted by Gasteiger charge is -2.41. The predicted octanol–water partition coefficient (Wildman–Crippen LogP) is 10.6. The van der Waals surface area contributed by atoms with Crippen LogP contribution in [0.3, 0.4) is 0 Å². The Hall–Kier alpha value is -9.53. The molecule has 74 heavy (non-hydrogen) atoms. The summed E-state index contributed by atoms with van der Waals surface area (Å²) in [6.45, 7) is 3.79. The van der Waals surface area contributed by atoms with E-state index in [1.165, 1.54) is 0 Å². The molecule has 0 amide bonds. The lowest BCUT2D eigenvalue weighted by atomic mass is 9.31. The van der Waals surface area contributed by atoms with Crippen LogP contribution in [0.5, 0.6) is 23.0 Å². The van der Waals surface area contributed by atoms with Gasteiger partial charge in [-0.15, -0.1) is 0 Å². The molecule has 0 atom stereocenters. The largest absolute Gasteiger partial charge is 0.456 e. The first-order valence-corrected chi connectivity index (χ1v) is 25.3. The fourth-order valence-electron chi connectivity index (χ4n) is 12.8. The van der Waals surface area contributed by atoms with Gasteiger partial charge in [0.15, 0.2) is 0 Å². The van der Waals surface area contributed by atoms with Gasteiger partial charge in [-0.1, -0.05) is 157 Å². The molecule has 0 N–H and O–H groups in total. The number of nitrogens with zero attached hydrogens (tertiary/aromatic N) is 6. The highest BCUT2D eigenvalue weighted by atomic mass is 16.5. The molecule has 4 aliphatic rings. The van der Waals surface area contributed by atoms with Crippen LogP contribution in [0.25, 0.3) is 101 Å². The van der Waals surface area contributed by atoms with Crippen molar-refractivity contribution in [2.45, 2.75) is 13.8 Å². The molecule has 0 radical (unpaired) electrons. The monoisotopic (exact) mass is 944 g/mol. The number of ether oxygens (including phenoxy) is 2. The summed E-state index contributed by atoms with van der Waals surface area (Å²) >= 11 is 0. The molecule has 8 nitrogen and oxygen atoms in total. The smallest absolute Gasteiger partial charge is 0.256 e. The average Bonchev–Trinajstić information content (AvgIpc) is 4.00. The van der Waals surface area contributed by atoms with Gasteiger partial charge in [0.1, 0.15) is 45.1 Å². The van der Waals surface area contributed by atoms with E-state index in [9.17, 15) is 0 Å². The maximum absolute atomic E-state index is 7.64. The number of aryl methyl sites for hydroxylation is 2. The Bertz CT molecular complexity index is 4340. The predicted molar refractivity (Wildman–Crippen MR) is 300 cm³/mol. The first-order chi connectivity index (χ1) is 36.5. The van der Waals surface area contributed by atoms with Crippen molar-refractivity contribution in [1.82, 2.24) is 29.1 Å². The van der Waals surface area contributed by atoms with E-state index in [4.69, 9.17) is 29.4 Å². The maximum atomic E-state index is 7.64. The van der Waals surface area contributed by atoms with E-state index in [0.717, 1.165) is 167 Å². The van der Waals surface area contributed by atoms with E-state index < -0.39 is 0 Å². The van der Waals surface area contributed by atoms with Crippen molar-refractivity contribution in [1.29, 1.82) is 0 Å². The Morgan fingerprint density at radius 1 is 0.351 bits per heavy atom. The van der Waals surface area contributed by atoms with Crippen LogP contribution >= 0.6 is 0 Å². The van der Waals surface area contributed by atoms with Crippen LogP contribution in [0.1, 0.15) is 11.1 Å². The minimum absolute atomic E-state index is 0.273. The van der Waals surface area contributed by atoms with Crippen LogP contribution in [-0.4, -0.2) is 42.5 Å². The number of rotatable bonds is 4. The molecular formula is C64H38B2N6O2. The molecule has 0 unspecified atom stereocenters. The summed E-state index contributed by atoms with van der Waals surface area (Å²) < 4.78 is 20.1. The minimum atomic E-state index is -0.273. The molecule has 0 spiro atoms. The zero-order valence-corrected chi connectivity index (χ0v) is 40.1. The van der Waals surface area contributed by atoms with Crippen molar-refractivity contribution in [3.8, 4) is 79.4 Å². The number of hydrogen-bond donors (Lipinski definition) is 0. The van der Waals surface area contributed by atoms with Gasteiger partial charge in [-0.3, -0.25) is 0 Å². The number of fused-ring (bicyclic) bond motifs is 16. The summed E-state index contributed by atoms with van der Waals surface area (Å²) in [5.74, 6) is 3.23. The number of pyridine rings is 4. The zero-order chi connectivity index (χ0) is 48.5. The van der Waals surface area contributed by atoms with Crippen molar-refractivity contribution >= 4 is 90.3 Å². The first kappa shape index (κ1) is 40.1. The van der Waals surface area contributed by atoms with Gasteiger partial charge in [0.2, 0.25) is 0 Å². The van der Waals surface area contributed by atoms with Gasteiger partial charge in [-0.25, -0.2) is 19.9 Å². The molecule has 0 fully saturated rings. The molecule has 0 saturated carbocycles. The molecule has 0 aliphatic carbocycles. The minimum Gasteiger partial charge on any atom is -0.456 e. The standard InChI is InChI=1S/C64H38B2N6O2/c1-35-23-29-51-41(31-35)65-43-33-47(39-19-11-5-12-20-39)69-57-55-49(27-25-45(67-55)37-15-7-3-8-16-37)71(59(43)57)61-53(65)63(73-51)62-54-64(61)74-52-30-24-36(2)32-42(52)66(54)44-34-48(40-21-13-6-14-22-40)70-58-56-50(72(62)60(44)58)28-26-46(68-56)38-17-9-4-10-18-38/h3-34H,1-2H3. The van der Waals surface area contributed by atoms with Crippen LogP contribution in [-0.2, 0) is 0 Å². The van der Waals surface area contributed by atoms with E-state index >= 15 is 0 Å². The molecule has 10 heteroatoms. The molecule has 0 saturated heterocycles. The van der Waals surface area contributed by atoms with Gasteiger partial charge in [-0.2, -0.15) is 0 Å². The van der Waals surface area contributed by atoms with E-state index in [-0.39, 0.29) is 13.4 Å². The summed E-state index contributed by atoms with van der Waals surface area (Å²) in [5, 5.41) is 0. The van der Waals surface area contributed by atoms with Crippen molar-refractivity contribution in [2.75, 3.05) is 0 Å². The number of hydrogen-bond acceptors (Lipinski definition) is 6. The van der Waals surface area contributed by atoms with Gasteiger partial charge in [-0.05, 0) is 84.2 Å². The lowest BCUT2D eigenvalue weighted by Crippen LogP contribution is -2.63. The van der Waals surface area contributed by atoms with E-state index in [2.05, 4.69) is 205 Å². The Morgan fingerprint density at radius 2 is 0.716 bits per heavy atom. The highest BCUT2D eigenvalue weighted by Crippen LogP contribution is 2.48. The van der Waals surface area contributed by atoms with Crippen molar-refractivity contribution in [3.05, 3.63) is 205 Å². The molecule has 13 aromatic rings. The van der Waals surface area contributed by atoms with Crippen LogP contribution in [0.4, 0.5) is 0 Å². The molecular weight excluding hydrogens is 906 g/mol. The summed E-state index contributed by atoms with van der Waals surface area (Å²) in [4.78, 5) is 22.4. The maximum Gasteiger partial charge on any atom is 0.256 e. The Balaban J connectivity index is 1.07. The normalized spacial score (nSPS) is 13.2. The topological polar surface area (TPSA) is 79.9 Å². The van der Waals surface area contributed by atoms with E-state index in [0.29, 0.717) is 0 Å². The molecule has 7 aromatic carbocycles. The van der Waals surface area contributed by atoms with Crippen molar-refractivity contribution in [3.63, 3.8) is 0 Å².